The second-order valence-corrected chi connectivity index (χ2v) is 3.07. The quantitative estimate of drug-likeness (QED) is 0.462. The first-order chi connectivity index (χ1) is 7.60. The van der Waals surface area contributed by atoms with E-state index in [0.29, 0.717) is 5.75 Å². The zero-order valence-corrected chi connectivity index (χ0v) is 9.73. The summed E-state index contributed by atoms with van der Waals surface area (Å²) in [4.78, 5) is 21.5. The third-order valence-electron chi connectivity index (χ3n) is 1.37. The topological polar surface area (TPSA) is 52.6 Å². The number of rotatable bonds is 3. The predicted molar refractivity (Wildman–Crippen MR) is 67.0 cm³/mol. The van der Waals surface area contributed by atoms with Crippen LogP contribution in [0.4, 0.5) is 0 Å². The first-order valence-corrected chi connectivity index (χ1v) is 4.75. The number of benzene rings is 1. The molecule has 0 bridgehead atoms. The van der Waals surface area contributed by atoms with Crippen molar-refractivity contribution in [1.82, 2.24) is 0 Å². The van der Waals surface area contributed by atoms with Gasteiger partial charge in [0.15, 0.2) is 0 Å². The summed E-state index contributed by atoms with van der Waals surface area (Å²) in [7, 11) is 3.25. The third-order valence-corrected chi connectivity index (χ3v) is 1.37. The molecular formula is C13H20O4. The summed E-state index contributed by atoms with van der Waals surface area (Å²) in [6.45, 7) is 1.35. The van der Waals surface area contributed by atoms with Gasteiger partial charge in [-0.05, 0) is 19.1 Å². The van der Waals surface area contributed by atoms with Crippen LogP contribution >= 0.6 is 0 Å². The van der Waals surface area contributed by atoms with Crippen LogP contribution < -0.4 is 4.74 Å². The normalized spacial score (nSPS) is 8.18. The van der Waals surface area contributed by atoms with Crippen LogP contribution in [0, 0.1) is 0 Å². The number of esters is 1. The van der Waals surface area contributed by atoms with Crippen molar-refractivity contribution in [3.8, 4) is 5.75 Å². The van der Waals surface area contributed by atoms with Crippen LogP contribution in [0.15, 0.2) is 30.3 Å². The number of carbonyl (C=O) groups excluding carboxylic acids is 2. The van der Waals surface area contributed by atoms with Crippen molar-refractivity contribution in [2.24, 2.45) is 0 Å². The fourth-order valence-electron chi connectivity index (χ4n) is 0.859. The highest BCUT2D eigenvalue weighted by Gasteiger charge is 2.06. The molecule has 1 rings (SSSR count). The van der Waals surface area contributed by atoms with E-state index in [-0.39, 0.29) is 19.6 Å². The van der Waals surface area contributed by atoms with Gasteiger partial charge in [-0.15, -0.1) is 0 Å². The van der Waals surface area contributed by atoms with Gasteiger partial charge in [-0.2, -0.15) is 0 Å². The van der Waals surface area contributed by atoms with Crippen LogP contribution in [0.1, 0.15) is 20.8 Å². The third kappa shape index (κ3) is 10.6. The Morgan fingerprint density at radius 2 is 1.59 bits per heavy atom. The highest BCUT2D eigenvalue weighted by Crippen LogP contribution is 2.08. The zero-order valence-electron chi connectivity index (χ0n) is 9.73. The van der Waals surface area contributed by atoms with Crippen LogP contribution in [0.25, 0.3) is 0 Å². The zero-order chi connectivity index (χ0) is 12.4. The Hall–Kier alpha value is -1.68. The lowest BCUT2D eigenvalue weighted by Crippen LogP contribution is -2.11. The molecule has 0 heterocycles. The fourth-order valence-corrected chi connectivity index (χ4v) is 0.859. The number of hydrogen-bond acceptors (Lipinski definition) is 4. The van der Waals surface area contributed by atoms with Crippen LogP contribution in [-0.4, -0.2) is 26.0 Å². The minimum atomic E-state index is -0.515. The summed E-state index contributed by atoms with van der Waals surface area (Å²) < 4.78 is 9.12. The van der Waals surface area contributed by atoms with Gasteiger partial charge in [0.25, 0.3) is 0 Å². The van der Waals surface area contributed by atoms with Crippen molar-refractivity contribution in [1.29, 1.82) is 0 Å². The SMILES string of the molecule is C.CC(=O)CC(=O)Oc1ccccc1.COC. The van der Waals surface area contributed by atoms with Gasteiger partial charge in [0.2, 0.25) is 0 Å². The van der Waals surface area contributed by atoms with E-state index < -0.39 is 5.97 Å². The Bertz CT molecular complexity index is 319. The molecule has 0 spiro atoms. The fraction of sp³-hybridized carbons (Fsp3) is 0.385. The molecule has 1 aromatic rings. The Balaban J connectivity index is 0. The summed E-state index contributed by atoms with van der Waals surface area (Å²) >= 11 is 0. The Labute approximate surface area is 103 Å². The number of carbonyl (C=O) groups is 2. The molecule has 0 radical (unpaired) electrons. The van der Waals surface area contributed by atoms with E-state index in [9.17, 15) is 9.59 Å². The van der Waals surface area contributed by atoms with Gasteiger partial charge in [0, 0.05) is 14.2 Å². The number of ether oxygens (including phenoxy) is 2. The van der Waals surface area contributed by atoms with Crippen LogP contribution in [0.3, 0.4) is 0 Å². The maximum atomic E-state index is 11.0. The minimum Gasteiger partial charge on any atom is -0.426 e. The maximum Gasteiger partial charge on any atom is 0.318 e. The van der Waals surface area contributed by atoms with Crippen molar-refractivity contribution >= 4 is 11.8 Å². The average Bonchev–Trinajstić information content (AvgIpc) is 2.18. The molecule has 1 aromatic carbocycles. The van der Waals surface area contributed by atoms with Crippen LogP contribution in [0.2, 0.25) is 0 Å². The predicted octanol–water partition coefficient (Wildman–Crippen LogP) is 2.47. The lowest BCUT2D eigenvalue weighted by molar-refractivity contribution is -0.137. The summed E-state index contributed by atoms with van der Waals surface area (Å²) in [5, 5.41) is 0. The lowest BCUT2D eigenvalue weighted by Gasteiger charge is -2.01. The molecule has 0 saturated heterocycles. The molecular weight excluding hydrogens is 220 g/mol. The Kier molecular flexibility index (Phi) is 11.3. The van der Waals surface area contributed by atoms with E-state index in [1.54, 1.807) is 38.5 Å². The molecule has 0 fully saturated rings. The number of Topliss-reactive ketones (excluding diaryl/α,β-unsaturated/α-hetero) is 1. The van der Waals surface area contributed by atoms with Crippen molar-refractivity contribution in [3.63, 3.8) is 0 Å². The molecule has 0 aliphatic rings. The van der Waals surface area contributed by atoms with Crippen molar-refractivity contribution in [2.45, 2.75) is 20.8 Å². The van der Waals surface area contributed by atoms with E-state index in [1.165, 1.54) is 6.92 Å². The molecule has 0 aromatic heterocycles. The summed E-state index contributed by atoms with van der Waals surface area (Å²) in [6.07, 6.45) is -0.172. The molecule has 17 heavy (non-hydrogen) atoms. The Morgan fingerprint density at radius 3 is 2.00 bits per heavy atom. The number of hydrogen-bond donors (Lipinski definition) is 0. The minimum absolute atomic E-state index is 0. The number of methoxy groups -OCH3 is 1. The largest absolute Gasteiger partial charge is 0.426 e. The molecule has 4 heteroatoms. The van der Waals surface area contributed by atoms with E-state index in [0.717, 1.165) is 0 Å². The van der Waals surface area contributed by atoms with Gasteiger partial charge in [0.1, 0.15) is 18.0 Å². The standard InChI is InChI=1S/C10H10O3.C2H6O.CH4/c1-8(11)7-10(12)13-9-5-3-2-4-6-9;1-3-2;/h2-6H,7H2,1H3;1-2H3;1H4. The smallest absolute Gasteiger partial charge is 0.318 e. The number of ketones is 1. The van der Waals surface area contributed by atoms with E-state index >= 15 is 0 Å². The van der Waals surface area contributed by atoms with E-state index in [1.807, 2.05) is 6.07 Å². The Morgan fingerprint density at radius 1 is 1.12 bits per heavy atom. The molecule has 0 N–H and O–H groups in total. The van der Waals surface area contributed by atoms with Gasteiger partial charge in [-0.1, -0.05) is 25.6 Å². The average molecular weight is 240 g/mol. The van der Waals surface area contributed by atoms with Gasteiger partial charge >= 0.3 is 5.97 Å². The molecule has 0 saturated carbocycles. The highest BCUT2D eigenvalue weighted by molar-refractivity contribution is 5.94. The molecule has 0 atom stereocenters. The van der Waals surface area contributed by atoms with E-state index in [4.69, 9.17) is 4.74 Å². The van der Waals surface area contributed by atoms with Crippen molar-refractivity contribution in [2.75, 3.05) is 14.2 Å². The maximum absolute atomic E-state index is 11.0. The summed E-state index contributed by atoms with van der Waals surface area (Å²) in [6, 6.07) is 8.67. The van der Waals surface area contributed by atoms with Gasteiger partial charge < -0.3 is 9.47 Å². The van der Waals surface area contributed by atoms with Crippen LogP contribution in [0.5, 0.6) is 5.75 Å². The first-order valence-electron chi connectivity index (χ1n) is 4.75. The molecule has 0 aliphatic carbocycles. The van der Waals surface area contributed by atoms with Gasteiger partial charge in [-0.3, -0.25) is 9.59 Å². The van der Waals surface area contributed by atoms with E-state index in [2.05, 4.69) is 4.74 Å². The van der Waals surface area contributed by atoms with Crippen LogP contribution in [-0.2, 0) is 14.3 Å². The van der Waals surface area contributed by atoms with Gasteiger partial charge in [0.05, 0.1) is 0 Å². The first kappa shape index (κ1) is 17.7. The molecule has 0 amide bonds. The number of para-hydroxylation sites is 1. The van der Waals surface area contributed by atoms with Crippen molar-refractivity contribution in [3.05, 3.63) is 30.3 Å². The van der Waals surface area contributed by atoms with Gasteiger partial charge in [-0.25, -0.2) is 0 Å². The lowest BCUT2D eigenvalue weighted by atomic mass is 10.3. The monoisotopic (exact) mass is 240 g/mol. The molecule has 0 unspecified atom stereocenters. The summed E-state index contributed by atoms with van der Waals surface area (Å²) in [5.41, 5.74) is 0. The second-order valence-electron chi connectivity index (χ2n) is 3.07. The second kappa shape index (κ2) is 10.8. The molecule has 0 aliphatic heterocycles. The summed E-state index contributed by atoms with van der Waals surface area (Å²) in [5.74, 6) is -0.242. The van der Waals surface area contributed by atoms with Crippen molar-refractivity contribution < 1.29 is 19.1 Å². The molecule has 4 nitrogen and oxygen atoms in total. The highest BCUT2D eigenvalue weighted by atomic mass is 16.5. The molecule has 96 valence electrons.